The minimum Gasteiger partial charge on any atom is -0.350 e. The molecule has 0 aliphatic carbocycles. The zero-order valence-corrected chi connectivity index (χ0v) is 11.0. The van der Waals surface area contributed by atoms with E-state index < -0.39 is 0 Å². The van der Waals surface area contributed by atoms with Crippen molar-refractivity contribution in [2.75, 3.05) is 0 Å². The molecule has 1 heterocycles. The third-order valence-corrected chi connectivity index (χ3v) is 3.38. The molecular formula is C15H22N2. The third-order valence-electron chi connectivity index (χ3n) is 3.38. The van der Waals surface area contributed by atoms with Crippen molar-refractivity contribution in [3.8, 4) is 0 Å². The molecule has 0 aliphatic heterocycles. The van der Waals surface area contributed by atoms with Gasteiger partial charge in [0.05, 0.1) is 0 Å². The highest BCUT2D eigenvalue weighted by molar-refractivity contribution is 5.84. The summed E-state index contributed by atoms with van der Waals surface area (Å²) in [6.07, 6.45) is 4.42. The Kier molecular flexibility index (Phi) is 3.53. The van der Waals surface area contributed by atoms with Gasteiger partial charge in [-0.15, -0.1) is 0 Å². The van der Waals surface area contributed by atoms with E-state index in [-0.39, 0.29) is 6.04 Å². The molecule has 0 radical (unpaired) electrons. The topological polar surface area (TPSA) is 30.9 Å². The van der Waals surface area contributed by atoms with Crippen LogP contribution in [0, 0.1) is 5.92 Å². The van der Waals surface area contributed by atoms with Crippen LogP contribution in [0.2, 0.25) is 0 Å². The number of nitrogens with two attached hydrogens (primary N) is 1. The first-order valence-electron chi connectivity index (χ1n) is 6.39. The van der Waals surface area contributed by atoms with Crippen molar-refractivity contribution in [2.24, 2.45) is 18.7 Å². The fourth-order valence-electron chi connectivity index (χ4n) is 2.34. The number of rotatable bonds is 4. The highest BCUT2D eigenvalue weighted by Gasteiger charge is 2.13. The quantitative estimate of drug-likeness (QED) is 0.854. The van der Waals surface area contributed by atoms with Gasteiger partial charge in [-0.3, -0.25) is 0 Å². The van der Waals surface area contributed by atoms with Crippen molar-refractivity contribution < 1.29 is 0 Å². The number of nitrogens with zero attached hydrogens (tertiary/aromatic N) is 1. The van der Waals surface area contributed by atoms with Crippen molar-refractivity contribution in [2.45, 2.75) is 32.7 Å². The molecule has 17 heavy (non-hydrogen) atoms. The second kappa shape index (κ2) is 4.92. The van der Waals surface area contributed by atoms with Crippen LogP contribution in [-0.2, 0) is 7.05 Å². The first kappa shape index (κ1) is 12.2. The zero-order chi connectivity index (χ0) is 12.4. The van der Waals surface area contributed by atoms with E-state index in [2.05, 4.69) is 55.9 Å². The smallest absolute Gasteiger partial charge is 0.0481 e. The maximum absolute atomic E-state index is 6.31. The van der Waals surface area contributed by atoms with Gasteiger partial charge in [0.15, 0.2) is 0 Å². The van der Waals surface area contributed by atoms with Gasteiger partial charge in [0.2, 0.25) is 0 Å². The Morgan fingerprint density at radius 2 is 1.88 bits per heavy atom. The average Bonchev–Trinajstić information content (AvgIpc) is 2.65. The normalized spacial score (nSPS) is 13.5. The van der Waals surface area contributed by atoms with Gasteiger partial charge >= 0.3 is 0 Å². The number of hydrogen-bond acceptors (Lipinski definition) is 1. The summed E-state index contributed by atoms with van der Waals surface area (Å²) < 4.78 is 2.17. The summed E-state index contributed by atoms with van der Waals surface area (Å²) >= 11 is 0. The van der Waals surface area contributed by atoms with E-state index in [1.807, 2.05) is 0 Å². The highest BCUT2D eigenvalue weighted by Crippen LogP contribution is 2.27. The van der Waals surface area contributed by atoms with Gasteiger partial charge in [-0.1, -0.05) is 32.0 Å². The van der Waals surface area contributed by atoms with Crippen LogP contribution in [-0.4, -0.2) is 4.57 Å². The SMILES string of the molecule is CC(C)CC[C@@H](N)c1cn(C)c2ccccc12. The molecule has 92 valence electrons. The predicted molar refractivity (Wildman–Crippen MR) is 73.9 cm³/mol. The van der Waals surface area contributed by atoms with Gasteiger partial charge < -0.3 is 10.3 Å². The lowest BCUT2D eigenvalue weighted by molar-refractivity contribution is 0.508. The Morgan fingerprint density at radius 1 is 1.18 bits per heavy atom. The van der Waals surface area contributed by atoms with E-state index in [0.29, 0.717) is 0 Å². The summed E-state index contributed by atoms with van der Waals surface area (Å²) in [4.78, 5) is 0. The van der Waals surface area contributed by atoms with Crippen LogP contribution >= 0.6 is 0 Å². The lowest BCUT2D eigenvalue weighted by atomic mass is 9.98. The second-order valence-electron chi connectivity index (χ2n) is 5.29. The fourth-order valence-corrected chi connectivity index (χ4v) is 2.34. The molecule has 0 amide bonds. The van der Waals surface area contributed by atoms with Crippen molar-refractivity contribution >= 4 is 10.9 Å². The van der Waals surface area contributed by atoms with Gasteiger partial charge in [0.1, 0.15) is 0 Å². The minimum absolute atomic E-state index is 0.156. The molecule has 0 aliphatic rings. The van der Waals surface area contributed by atoms with E-state index in [9.17, 15) is 0 Å². The molecule has 0 fully saturated rings. The highest BCUT2D eigenvalue weighted by atomic mass is 14.9. The van der Waals surface area contributed by atoms with Crippen LogP contribution in [0.3, 0.4) is 0 Å². The summed E-state index contributed by atoms with van der Waals surface area (Å²) in [7, 11) is 2.08. The lowest BCUT2D eigenvalue weighted by Gasteiger charge is -2.12. The summed E-state index contributed by atoms with van der Waals surface area (Å²) in [6, 6.07) is 8.63. The summed E-state index contributed by atoms with van der Waals surface area (Å²) in [5.74, 6) is 0.719. The van der Waals surface area contributed by atoms with E-state index in [0.717, 1.165) is 12.3 Å². The standard InChI is InChI=1S/C15H22N2/c1-11(2)8-9-14(16)13-10-17(3)15-7-5-4-6-12(13)15/h4-7,10-11,14H,8-9,16H2,1-3H3/t14-/m1/s1. The molecule has 2 aromatic rings. The van der Waals surface area contributed by atoms with Crippen molar-refractivity contribution in [1.82, 2.24) is 4.57 Å². The average molecular weight is 230 g/mol. The number of aromatic nitrogens is 1. The maximum atomic E-state index is 6.31. The third kappa shape index (κ3) is 2.52. The molecule has 0 spiro atoms. The van der Waals surface area contributed by atoms with Gasteiger partial charge in [0, 0.05) is 30.2 Å². The van der Waals surface area contributed by atoms with Crippen LogP contribution < -0.4 is 5.73 Å². The van der Waals surface area contributed by atoms with Gasteiger partial charge in [-0.05, 0) is 30.4 Å². The molecule has 0 saturated heterocycles. The number of benzene rings is 1. The van der Waals surface area contributed by atoms with Crippen LogP contribution in [0.1, 0.15) is 38.3 Å². The van der Waals surface area contributed by atoms with Crippen LogP contribution in [0.5, 0.6) is 0 Å². The molecule has 0 saturated carbocycles. The lowest BCUT2D eigenvalue weighted by Crippen LogP contribution is -2.10. The van der Waals surface area contributed by atoms with Gasteiger partial charge in [0.25, 0.3) is 0 Å². The Balaban J connectivity index is 2.29. The Bertz CT molecular complexity index is 497. The molecule has 0 bridgehead atoms. The maximum Gasteiger partial charge on any atom is 0.0481 e. The Morgan fingerprint density at radius 3 is 2.59 bits per heavy atom. The van der Waals surface area contributed by atoms with Crippen molar-refractivity contribution in [3.05, 3.63) is 36.0 Å². The fraction of sp³-hybridized carbons (Fsp3) is 0.467. The Hall–Kier alpha value is -1.28. The van der Waals surface area contributed by atoms with Gasteiger partial charge in [-0.25, -0.2) is 0 Å². The Labute approximate surface area is 103 Å². The molecular weight excluding hydrogens is 208 g/mol. The molecule has 2 rings (SSSR count). The monoisotopic (exact) mass is 230 g/mol. The minimum atomic E-state index is 0.156. The second-order valence-corrected chi connectivity index (χ2v) is 5.29. The van der Waals surface area contributed by atoms with E-state index in [4.69, 9.17) is 5.73 Å². The summed E-state index contributed by atoms with van der Waals surface area (Å²) in [5, 5.41) is 1.30. The first-order chi connectivity index (χ1) is 8.09. The van der Waals surface area contributed by atoms with E-state index >= 15 is 0 Å². The van der Waals surface area contributed by atoms with E-state index in [1.165, 1.54) is 22.9 Å². The number of para-hydroxylation sites is 1. The predicted octanol–water partition coefficient (Wildman–Crippen LogP) is 3.61. The summed E-state index contributed by atoms with van der Waals surface area (Å²) in [5.41, 5.74) is 8.86. The van der Waals surface area contributed by atoms with Crippen LogP contribution in [0.25, 0.3) is 10.9 Å². The largest absolute Gasteiger partial charge is 0.350 e. The molecule has 2 N–H and O–H groups in total. The van der Waals surface area contributed by atoms with Crippen LogP contribution in [0.4, 0.5) is 0 Å². The van der Waals surface area contributed by atoms with Crippen molar-refractivity contribution in [3.63, 3.8) is 0 Å². The number of fused-ring (bicyclic) bond motifs is 1. The van der Waals surface area contributed by atoms with E-state index in [1.54, 1.807) is 0 Å². The molecule has 1 aromatic carbocycles. The zero-order valence-electron chi connectivity index (χ0n) is 11.0. The first-order valence-corrected chi connectivity index (χ1v) is 6.39. The molecule has 2 heteroatoms. The summed E-state index contributed by atoms with van der Waals surface area (Å²) in [6.45, 7) is 4.49. The molecule has 1 aromatic heterocycles. The number of hydrogen-bond donors (Lipinski definition) is 1. The number of aryl methyl sites for hydroxylation is 1. The van der Waals surface area contributed by atoms with Crippen molar-refractivity contribution in [1.29, 1.82) is 0 Å². The molecule has 2 nitrogen and oxygen atoms in total. The molecule has 0 unspecified atom stereocenters. The molecule has 1 atom stereocenters. The van der Waals surface area contributed by atoms with Crippen LogP contribution in [0.15, 0.2) is 30.5 Å². The van der Waals surface area contributed by atoms with Gasteiger partial charge in [-0.2, -0.15) is 0 Å².